The Morgan fingerprint density at radius 1 is 1.33 bits per heavy atom. The largest absolute Gasteiger partial charge is 0.381 e. The predicted octanol–water partition coefficient (Wildman–Crippen LogP) is 3.15. The van der Waals surface area contributed by atoms with Gasteiger partial charge >= 0.3 is 0 Å². The van der Waals surface area contributed by atoms with E-state index in [2.05, 4.69) is 15.6 Å². The lowest BCUT2D eigenvalue weighted by atomic mass is 9.92. The fourth-order valence-corrected chi connectivity index (χ4v) is 3.90. The van der Waals surface area contributed by atoms with E-state index in [0.717, 1.165) is 29.5 Å². The van der Waals surface area contributed by atoms with Gasteiger partial charge in [0.25, 0.3) is 0 Å². The number of benzene rings is 1. The Labute approximate surface area is 168 Å². The van der Waals surface area contributed by atoms with E-state index in [4.69, 9.17) is 10.5 Å². The third-order valence-electron chi connectivity index (χ3n) is 4.46. The van der Waals surface area contributed by atoms with Crippen LogP contribution >= 0.6 is 23.7 Å². The molecule has 0 bridgehead atoms. The number of nitrogens with two attached hydrogens (primary N) is 1. The topological polar surface area (TPSA) is 106 Å². The van der Waals surface area contributed by atoms with Crippen LogP contribution < -0.4 is 16.4 Å². The van der Waals surface area contributed by atoms with Gasteiger partial charge in [0.15, 0.2) is 5.13 Å². The van der Waals surface area contributed by atoms with Crippen LogP contribution in [0, 0.1) is 5.92 Å². The van der Waals surface area contributed by atoms with E-state index >= 15 is 0 Å². The van der Waals surface area contributed by atoms with Crippen molar-refractivity contribution in [2.75, 3.05) is 23.8 Å². The maximum absolute atomic E-state index is 12.4. The number of fused-ring (bicyclic) bond motifs is 1. The first kappa shape index (κ1) is 21.6. The van der Waals surface area contributed by atoms with E-state index < -0.39 is 6.04 Å². The molecule has 1 atom stereocenters. The Balaban J connectivity index is 0.00000261. The summed E-state index contributed by atoms with van der Waals surface area (Å²) in [4.78, 5) is 28.5. The monoisotopic (exact) mass is 412 g/mol. The SMILES string of the molecule is CCCC(=O)Nc1nc2ccc(NC(=O)C(N)C3CCOCC3)cc2s1.Cl. The summed E-state index contributed by atoms with van der Waals surface area (Å²) in [6.45, 7) is 3.27. The predicted molar refractivity (Wildman–Crippen MR) is 111 cm³/mol. The summed E-state index contributed by atoms with van der Waals surface area (Å²) in [5.74, 6) is -0.0731. The second-order valence-electron chi connectivity index (χ2n) is 6.46. The van der Waals surface area contributed by atoms with Crippen molar-refractivity contribution in [1.82, 2.24) is 4.98 Å². The number of nitrogens with one attached hydrogen (secondary N) is 2. The van der Waals surface area contributed by atoms with Crippen LogP contribution in [-0.4, -0.2) is 36.1 Å². The molecule has 4 N–H and O–H groups in total. The molecule has 27 heavy (non-hydrogen) atoms. The van der Waals surface area contributed by atoms with Crippen LogP contribution in [0.25, 0.3) is 10.2 Å². The Hall–Kier alpha value is -1.74. The fraction of sp³-hybridized carbons (Fsp3) is 0.500. The molecule has 1 fully saturated rings. The van der Waals surface area contributed by atoms with E-state index in [1.807, 2.05) is 19.1 Å². The summed E-state index contributed by atoms with van der Waals surface area (Å²) in [5.41, 5.74) is 7.58. The normalized spacial score (nSPS) is 15.8. The van der Waals surface area contributed by atoms with Crippen LogP contribution in [0.15, 0.2) is 18.2 Å². The lowest BCUT2D eigenvalue weighted by Crippen LogP contribution is -2.43. The number of thiazole rings is 1. The number of ether oxygens (including phenoxy) is 1. The van der Waals surface area contributed by atoms with Crippen molar-refractivity contribution in [1.29, 1.82) is 0 Å². The van der Waals surface area contributed by atoms with Crippen LogP contribution in [0.4, 0.5) is 10.8 Å². The minimum Gasteiger partial charge on any atom is -0.381 e. The number of nitrogens with zero attached hydrogens (tertiary/aromatic N) is 1. The molecule has 1 saturated heterocycles. The molecule has 2 amide bonds. The lowest BCUT2D eigenvalue weighted by Gasteiger charge is -2.26. The van der Waals surface area contributed by atoms with E-state index in [1.54, 1.807) is 6.07 Å². The van der Waals surface area contributed by atoms with E-state index in [0.29, 0.717) is 30.5 Å². The first-order chi connectivity index (χ1) is 12.6. The van der Waals surface area contributed by atoms with Crippen molar-refractivity contribution >= 4 is 56.6 Å². The van der Waals surface area contributed by atoms with Gasteiger partial charge in [-0.1, -0.05) is 18.3 Å². The molecule has 148 valence electrons. The number of halogens is 1. The van der Waals surface area contributed by atoms with Gasteiger partial charge in [0.2, 0.25) is 11.8 Å². The number of carbonyl (C=O) groups is 2. The molecule has 0 saturated carbocycles. The zero-order valence-corrected chi connectivity index (χ0v) is 16.8. The molecule has 9 heteroatoms. The highest BCUT2D eigenvalue weighted by atomic mass is 35.5. The molecular weight excluding hydrogens is 388 g/mol. The molecule has 0 spiro atoms. The number of rotatable bonds is 6. The first-order valence-electron chi connectivity index (χ1n) is 8.91. The van der Waals surface area contributed by atoms with Crippen LogP contribution in [0.5, 0.6) is 0 Å². The van der Waals surface area contributed by atoms with Crippen LogP contribution in [0.2, 0.25) is 0 Å². The van der Waals surface area contributed by atoms with Crippen LogP contribution in [0.1, 0.15) is 32.6 Å². The number of anilines is 2. The van der Waals surface area contributed by atoms with Gasteiger partial charge in [-0.2, -0.15) is 0 Å². The Morgan fingerprint density at radius 3 is 2.78 bits per heavy atom. The quantitative estimate of drug-likeness (QED) is 0.675. The van der Waals surface area contributed by atoms with Gasteiger partial charge in [-0.3, -0.25) is 9.59 Å². The number of hydrogen-bond acceptors (Lipinski definition) is 6. The molecule has 0 aliphatic carbocycles. The van der Waals surface area contributed by atoms with Crippen molar-refractivity contribution in [3.05, 3.63) is 18.2 Å². The molecule has 1 unspecified atom stereocenters. The number of carbonyl (C=O) groups excluding carboxylic acids is 2. The maximum Gasteiger partial charge on any atom is 0.241 e. The molecule has 2 aromatic rings. The number of hydrogen-bond donors (Lipinski definition) is 3. The minimum absolute atomic E-state index is 0. The van der Waals surface area contributed by atoms with Gasteiger partial charge in [0, 0.05) is 25.3 Å². The van der Waals surface area contributed by atoms with Gasteiger partial charge in [0.05, 0.1) is 16.3 Å². The highest BCUT2D eigenvalue weighted by Gasteiger charge is 2.26. The van der Waals surface area contributed by atoms with Gasteiger partial charge < -0.3 is 21.1 Å². The average Bonchev–Trinajstić information content (AvgIpc) is 3.03. The molecule has 0 radical (unpaired) electrons. The highest BCUT2D eigenvalue weighted by molar-refractivity contribution is 7.22. The van der Waals surface area contributed by atoms with Crippen molar-refractivity contribution < 1.29 is 14.3 Å². The molecule has 3 rings (SSSR count). The van der Waals surface area contributed by atoms with Crippen molar-refractivity contribution in [2.24, 2.45) is 11.7 Å². The number of aromatic nitrogens is 1. The molecule has 1 aromatic carbocycles. The first-order valence-corrected chi connectivity index (χ1v) is 9.73. The van der Waals surface area contributed by atoms with E-state index in [1.165, 1.54) is 11.3 Å². The lowest BCUT2D eigenvalue weighted by molar-refractivity contribution is -0.119. The van der Waals surface area contributed by atoms with E-state index in [9.17, 15) is 9.59 Å². The summed E-state index contributed by atoms with van der Waals surface area (Å²) in [5, 5.41) is 6.26. The third kappa shape index (κ3) is 5.62. The molecule has 1 aromatic heterocycles. The summed E-state index contributed by atoms with van der Waals surface area (Å²) in [7, 11) is 0. The van der Waals surface area contributed by atoms with E-state index in [-0.39, 0.29) is 30.1 Å². The van der Waals surface area contributed by atoms with Crippen molar-refractivity contribution in [2.45, 2.75) is 38.6 Å². The summed E-state index contributed by atoms with van der Waals surface area (Å²) < 4.78 is 6.22. The fourth-order valence-electron chi connectivity index (χ4n) is 2.98. The summed E-state index contributed by atoms with van der Waals surface area (Å²) >= 11 is 1.39. The van der Waals surface area contributed by atoms with Crippen LogP contribution in [-0.2, 0) is 14.3 Å². The summed E-state index contributed by atoms with van der Waals surface area (Å²) in [6, 6.07) is 4.95. The number of amides is 2. The molecule has 7 nitrogen and oxygen atoms in total. The minimum atomic E-state index is -0.542. The van der Waals surface area contributed by atoms with Gasteiger partial charge in [0.1, 0.15) is 0 Å². The highest BCUT2D eigenvalue weighted by Crippen LogP contribution is 2.29. The smallest absolute Gasteiger partial charge is 0.241 e. The summed E-state index contributed by atoms with van der Waals surface area (Å²) in [6.07, 6.45) is 2.88. The molecular formula is C18H25ClN4O3S. The Kier molecular flexibility index (Phi) is 7.97. The van der Waals surface area contributed by atoms with Crippen molar-refractivity contribution in [3.8, 4) is 0 Å². The van der Waals surface area contributed by atoms with Crippen molar-refractivity contribution in [3.63, 3.8) is 0 Å². The van der Waals surface area contributed by atoms with Gasteiger partial charge in [-0.15, -0.1) is 12.4 Å². The molecule has 2 heterocycles. The molecule has 1 aliphatic heterocycles. The second kappa shape index (κ2) is 9.98. The Morgan fingerprint density at radius 2 is 2.07 bits per heavy atom. The van der Waals surface area contributed by atoms with Gasteiger partial charge in [-0.05, 0) is 43.4 Å². The standard InChI is InChI=1S/C18H24N4O3S.ClH/c1-2-3-15(23)22-18-21-13-5-4-12(10-14(13)26-18)20-17(24)16(19)11-6-8-25-9-7-11;/h4-5,10-11,16H,2-3,6-9,19H2,1H3,(H,20,24)(H,21,22,23);1H. The zero-order chi connectivity index (χ0) is 18.5. The average molecular weight is 413 g/mol. The maximum atomic E-state index is 12.4. The second-order valence-corrected chi connectivity index (χ2v) is 7.50. The van der Waals surface area contributed by atoms with Gasteiger partial charge in [-0.25, -0.2) is 4.98 Å². The molecule has 1 aliphatic rings. The zero-order valence-electron chi connectivity index (χ0n) is 15.2. The third-order valence-corrected chi connectivity index (χ3v) is 5.39. The Bertz CT molecular complexity index is 792. The van der Waals surface area contributed by atoms with Crippen LogP contribution in [0.3, 0.4) is 0 Å².